The Morgan fingerprint density at radius 3 is 2.52 bits per heavy atom. The van der Waals surface area contributed by atoms with Gasteiger partial charge in [0.25, 0.3) is 5.91 Å². The van der Waals surface area contributed by atoms with Crippen LogP contribution in [-0.4, -0.2) is 37.4 Å². The molecule has 1 aromatic carbocycles. The number of nitrogens with one attached hydrogen (secondary N) is 1. The molecule has 0 saturated heterocycles. The van der Waals surface area contributed by atoms with Crippen molar-refractivity contribution < 1.29 is 9.59 Å². The van der Waals surface area contributed by atoms with E-state index in [-0.39, 0.29) is 11.8 Å². The highest BCUT2D eigenvalue weighted by atomic mass is 32.1. The summed E-state index contributed by atoms with van der Waals surface area (Å²) in [5, 5.41) is 4.81. The van der Waals surface area contributed by atoms with Crippen LogP contribution in [0.25, 0.3) is 0 Å². The van der Waals surface area contributed by atoms with Gasteiger partial charge in [-0.2, -0.15) is 0 Å². The number of anilines is 2. The molecule has 2 rings (SSSR count). The molecular weight excluding hydrogens is 334 g/mol. The van der Waals surface area contributed by atoms with E-state index in [9.17, 15) is 9.59 Å². The molecule has 1 N–H and O–H groups in total. The van der Waals surface area contributed by atoms with Crippen molar-refractivity contribution in [3.05, 3.63) is 46.2 Å². The number of benzene rings is 1. The van der Waals surface area contributed by atoms with Crippen LogP contribution in [0, 0.1) is 0 Å². The van der Waals surface area contributed by atoms with Crippen molar-refractivity contribution in [2.24, 2.45) is 0 Å². The van der Waals surface area contributed by atoms with Crippen molar-refractivity contribution in [3.8, 4) is 0 Å². The molecule has 0 radical (unpaired) electrons. The lowest BCUT2D eigenvalue weighted by Crippen LogP contribution is -2.29. The number of carbonyl (C=O) groups excluding carboxylic acids is 2. The minimum atomic E-state index is -0.115. The summed E-state index contributed by atoms with van der Waals surface area (Å²) in [6.45, 7) is 4.89. The fraction of sp³-hybridized carbons (Fsp3) is 0.368. The number of nitrogens with zero attached hydrogens (tertiary/aromatic N) is 2. The van der Waals surface area contributed by atoms with Crippen LogP contribution in [0.2, 0.25) is 0 Å². The summed E-state index contributed by atoms with van der Waals surface area (Å²) in [7, 11) is 3.95. The Labute approximate surface area is 153 Å². The quantitative estimate of drug-likeness (QED) is 0.817. The van der Waals surface area contributed by atoms with Crippen LogP contribution in [0.4, 0.5) is 11.4 Å². The van der Waals surface area contributed by atoms with Gasteiger partial charge < -0.3 is 15.1 Å². The summed E-state index contributed by atoms with van der Waals surface area (Å²) in [5.74, 6) is -0.0601. The van der Waals surface area contributed by atoms with Crippen molar-refractivity contribution in [1.29, 1.82) is 0 Å². The fourth-order valence-electron chi connectivity index (χ4n) is 2.65. The molecule has 0 unspecified atom stereocenters. The van der Waals surface area contributed by atoms with E-state index in [1.807, 2.05) is 53.5 Å². The molecular formula is C19H25N3O2S. The number of amides is 2. The highest BCUT2D eigenvalue weighted by Crippen LogP contribution is 2.25. The van der Waals surface area contributed by atoms with Gasteiger partial charge in [0.05, 0.1) is 4.88 Å². The zero-order valence-corrected chi connectivity index (χ0v) is 16.0. The normalized spacial score (nSPS) is 10.4. The van der Waals surface area contributed by atoms with E-state index in [1.165, 1.54) is 11.3 Å². The first-order valence-corrected chi connectivity index (χ1v) is 9.21. The molecule has 2 aromatic rings. The van der Waals surface area contributed by atoms with Crippen LogP contribution in [0.15, 0.2) is 35.7 Å². The van der Waals surface area contributed by atoms with Gasteiger partial charge in [-0.25, -0.2) is 0 Å². The summed E-state index contributed by atoms with van der Waals surface area (Å²) >= 11 is 1.41. The van der Waals surface area contributed by atoms with E-state index in [0.717, 1.165) is 23.4 Å². The van der Waals surface area contributed by atoms with Crippen LogP contribution in [-0.2, 0) is 11.3 Å². The minimum absolute atomic E-state index is 0.0552. The highest BCUT2D eigenvalue weighted by Gasteiger charge is 2.14. The van der Waals surface area contributed by atoms with Crippen LogP contribution in [0.5, 0.6) is 0 Å². The highest BCUT2D eigenvalue weighted by molar-refractivity contribution is 7.12. The largest absolute Gasteiger partial charge is 0.377 e. The number of hydrogen-bond acceptors (Lipinski definition) is 4. The summed E-state index contributed by atoms with van der Waals surface area (Å²) in [6.07, 6.45) is 0.908. The van der Waals surface area contributed by atoms with Gasteiger partial charge in [-0.15, -0.1) is 11.3 Å². The lowest BCUT2D eigenvalue weighted by atomic mass is 10.1. The molecule has 0 fully saturated rings. The van der Waals surface area contributed by atoms with Gasteiger partial charge in [-0.05, 0) is 41.6 Å². The number of thiophene rings is 1. The third-order valence-electron chi connectivity index (χ3n) is 3.86. The van der Waals surface area contributed by atoms with Crippen molar-refractivity contribution in [3.63, 3.8) is 0 Å². The molecule has 0 atom stereocenters. The number of rotatable bonds is 7. The summed E-state index contributed by atoms with van der Waals surface area (Å²) < 4.78 is 0. The molecule has 1 aromatic heterocycles. The molecule has 0 spiro atoms. The first-order chi connectivity index (χ1) is 11.9. The Morgan fingerprint density at radius 1 is 1.20 bits per heavy atom. The summed E-state index contributed by atoms with van der Waals surface area (Å²) in [5.41, 5.74) is 2.79. The Hall–Kier alpha value is -2.34. The molecule has 25 heavy (non-hydrogen) atoms. The van der Waals surface area contributed by atoms with Crippen molar-refractivity contribution >= 4 is 34.5 Å². The van der Waals surface area contributed by atoms with Crippen LogP contribution >= 0.6 is 11.3 Å². The molecule has 0 aliphatic heterocycles. The topological polar surface area (TPSA) is 52.7 Å². The zero-order chi connectivity index (χ0) is 18.4. The molecule has 0 bridgehead atoms. The minimum Gasteiger partial charge on any atom is -0.377 e. The predicted octanol–water partition coefficient (Wildman–Crippen LogP) is 3.82. The molecule has 6 heteroatoms. The fourth-order valence-corrected chi connectivity index (χ4v) is 3.27. The standard InChI is InChI=1S/C19H25N3O2S/c1-5-10-22(14(2)23)13-15-12-16(8-9-17(15)21(3)4)20-19(24)18-7-6-11-25-18/h6-9,11-12H,5,10,13H2,1-4H3,(H,20,24). The molecule has 0 aliphatic rings. The Kier molecular flexibility index (Phi) is 6.58. The summed E-state index contributed by atoms with van der Waals surface area (Å²) in [4.78, 5) is 28.7. The van der Waals surface area contributed by atoms with E-state index in [2.05, 4.69) is 12.2 Å². The van der Waals surface area contributed by atoms with Crippen molar-refractivity contribution in [2.75, 3.05) is 30.9 Å². The van der Waals surface area contributed by atoms with E-state index >= 15 is 0 Å². The maximum absolute atomic E-state index is 12.3. The number of carbonyl (C=O) groups is 2. The second-order valence-electron chi connectivity index (χ2n) is 6.11. The zero-order valence-electron chi connectivity index (χ0n) is 15.2. The maximum Gasteiger partial charge on any atom is 0.265 e. The van der Waals surface area contributed by atoms with E-state index in [4.69, 9.17) is 0 Å². The van der Waals surface area contributed by atoms with Gasteiger partial charge in [0, 0.05) is 45.5 Å². The van der Waals surface area contributed by atoms with Crippen LogP contribution in [0.1, 0.15) is 35.5 Å². The van der Waals surface area contributed by atoms with Gasteiger partial charge in [-0.1, -0.05) is 13.0 Å². The Morgan fingerprint density at radius 2 is 1.96 bits per heavy atom. The van der Waals surface area contributed by atoms with Gasteiger partial charge in [-0.3, -0.25) is 9.59 Å². The Balaban J connectivity index is 2.26. The maximum atomic E-state index is 12.3. The number of hydrogen-bond donors (Lipinski definition) is 1. The first-order valence-electron chi connectivity index (χ1n) is 8.33. The average molecular weight is 359 g/mol. The van der Waals surface area contributed by atoms with Gasteiger partial charge in [0.1, 0.15) is 0 Å². The molecule has 0 aliphatic carbocycles. The predicted molar refractivity (Wildman–Crippen MR) is 104 cm³/mol. The Bertz CT molecular complexity index is 726. The van der Waals surface area contributed by atoms with Crippen molar-refractivity contribution in [2.45, 2.75) is 26.8 Å². The third-order valence-corrected chi connectivity index (χ3v) is 4.73. The van der Waals surface area contributed by atoms with E-state index < -0.39 is 0 Å². The van der Waals surface area contributed by atoms with Crippen LogP contribution < -0.4 is 10.2 Å². The lowest BCUT2D eigenvalue weighted by Gasteiger charge is -2.25. The molecule has 2 amide bonds. The van der Waals surface area contributed by atoms with Crippen molar-refractivity contribution in [1.82, 2.24) is 4.90 Å². The molecule has 0 saturated carbocycles. The average Bonchev–Trinajstić information content (AvgIpc) is 3.09. The second-order valence-corrected chi connectivity index (χ2v) is 7.06. The SMILES string of the molecule is CCCN(Cc1cc(NC(=O)c2cccs2)ccc1N(C)C)C(C)=O. The third kappa shape index (κ3) is 5.06. The molecule has 134 valence electrons. The smallest absolute Gasteiger partial charge is 0.265 e. The summed E-state index contributed by atoms with van der Waals surface area (Å²) in [6, 6.07) is 9.47. The van der Waals surface area contributed by atoms with Gasteiger partial charge in [0.15, 0.2) is 0 Å². The monoisotopic (exact) mass is 359 g/mol. The second kappa shape index (κ2) is 8.67. The van der Waals surface area contributed by atoms with Gasteiger partial charge in [0.2, 0.25) is 5.91 Å². The van der Waals surface area contributed by atoms with Crippen LogP contribution in [0.3, 0.4) is 0 Å². The lowest BCUT2D eigenvalue weighted by molar-refractivity contribution is -0.129. The van der Waals surface area contributed by atoms with E-state index in [0.29, 0.717) is 18.0 Å². The first kappa shape index (κ1) is 19.0. The van der Waals surface area contributed by atoms with Gasteiger partial charge >= 0.3 is 0 Å². The molecule has 5 nitrogen and oxygen atoms in total. The molecule has 1 heterocycles. The van der Waals surface area contributed by atoms with E-state index in [1.54, 1.807) is 13.0 Å².